The molecule has 0 unspecified atom stereocenters. The van der Waals surface area contributed by atoms with Crippen molar-refractivity contribution in [3.63, 3.8) is 0 Å². The van der Waals surface area contributed by atoms with Crippen LogP contribution < -0.4 is 19.8 Å². The molecule has 0 bridgehead atoms. The summed E-state index contributed by atoms with van der Waals surface area (Å²) in [6.07, 6.45) is 0.704. The molecule has 4 rings (SSSR count). The minimum absolute atomic E-state index is 0.119. The van der Waals surface area contributed by atoms with Crippen LogP contribution in [0.15, 0.2) is 53.3 Å². The molecule has 1 aromatic heterocycles. The summed E-state index contributed by atoms with van der Waals surface area (Å²) in [6, 6.07) is 14.4. The van der Waals surface area contributed by atoms with Crippen molar-refractivity contribution in [3.05, 3.63) is 70.0 Å². The third kappa shape index (κ3) is 4.84. The van der Waals surface area contributed by atoms with Gasteiger partial charge >= 0.3 is 0 Å². The van der Waals surface area contributed by atoms with Gasteiger partial charge in [0, 0.05) is 24.7 Å². The SMILES string of the molecule is CCOc1ccc(-c2ccc(=O)n(CC(=O)N3CCc4cc(OC)c(OC)cc4C3)n2)cc1. The largest absolute Gasteiger partial charge is 0.494 e. The van der Waals surface area contributed by atoms with Gasteiger partial charge in [-0.2, -0.15) is 5.10 Å². The average molecular weight is 450 g/mol. The summed E-state index contributed by atoms with van der Waals surface area (Å²) in [5.74, 6) is 1.92. The van der Waals surface area contributed by atoms with E-state index in [-0.39, 0.29) is 18.0 Å². The van der Waals surface area contributed by atoms with Gasteiger partial charge < -0.3 is 19.1 Å². The maximum Gasteiger partial charge on any atom is 0.267 e. The molecule has 0 saturated carbocycles. The number of aromatic nitrogens is 2. The summed E-state index contributed by atoms with van der Waals surface area (Å²) in [5, 5.41) is 4.43. The number of carbonyl (C=O) groups excluding carboxylic acids is 1. The van der Waals surface area contributed by atoms with Crippen molar-refractivity contribution in [2.75, 3.05) is 27.4 Å². The number of methoxy groups -OCH3 is 2. The molecule has 8 heteroatoms. The van der Waals surface area contributed by atoms with Gasteiger partial charge in [-0.15, -0.1) is 0 Å². The van der Waals surface area contributed by atoms with Gasteiger partial charge in [0.1, 0.15) is 12.3 Å². The third-order valence-electron chi connectivity index (χ3n) is 5.68. The second-order valence-corrected chi connectivity index (χ2v) is 7.71. The molecular weight excluding hydrogens is 422 g/mol. The molecule has 1 amide bonds. The van der Waals surface area contributed by atoms with Gasteiger partial charge in [0.05, 0.1) is 26.5 Å². The predicted octanol–water partition coefficient (Wildman–Crippen LogP) is 2.91. The Bertz CT molecular complexity index is 1200. The third-order valence-corrected chi connectivity index (χ3v) is 5.68. The molecule has 172 valence electrons. The highest BCUT2D eigenvalue weighted by Crippen LogP contribution is 2.33. The molecule has 8 nitrogen and oxygen atoms in total. The molecule has 33 heavy (non-hydrogen) atoms. The van der Waals surface area contributed by atoms with Gasteiger partial charge in [0.2, 0.25) is 5.91 Å². The van der Waals surface area contributed by atoms with E-state index in [2.05, 4.69) is 5.10 Å². The molecule has 2 heterocycles. The lowest BCUT2D eigenvalue weighted by Gasteiger charge is -2.29. The lowest BCUT2D eigenvalue weighted by Crippen LogP contribution is -2.40. The lowest BCUT2D eigenvalue weighted by molar-refractivity contribution is -0.133. The zero-order chi connectivity index (χ0) is 23.4. The number of hydrogen-bond acceptors (Lipinski definition) is 6. The summed E-state index contributed by atoms with van der Waals surface area (Å²) in [4.78, 5) is 27.2. The van der Waals surface area contributed by atoms with Crippen molar-refractivity contribution in [1.29, 1.82) is 0 Å². The van der Waals surface area contributed by atoms with Crippen LogP contribution in [0.5, 0.6) is 17.2 Å². The fourth-order valence-electron chi connectivity index (χ4n) is 3.93. The van der Waals surface area contributed by atoms with Crippen LogP contribution in [0.4, 0.5) is 0 Å². The average Bonchev–Trinajstić information content (AvgIpc) is 2.84. The molecule has 0 atom stereocenters. The Labute approximate surface area is 192 Å². The molecule has 1 aliphatic rings. The van der Waals surface area contributed by atoms with E-state index in [1.54, 1.807) is 25.2 Å². The zero-order valence-electron chi connectivity index (χ0n) is 19.0. The Kier molecular flexibility index (Phi) is 6.63. The highest BCUT2D eigenvalue weighted by atomic mass is 16.5. The number of benzene rings is 2. The summed E-state index contributed by atoms with van der Waals surface area (Å²) >= 11 is 0. The Balaban J connectivity index is 1.51. The van der Waals surface area contributed by atoms with Crippen molar-refractivity contribution in [2.24, 2.45) is 0 Å². The van der Waals surface area contributed by atoms with Gasteiger partial charge in [-0.05, 0) is 66.9 Å². The molecule has 0 N–H and O–H groups in total. The van der Waals surface area contributed by atoms with E-state index < -0.39 is 0 Å². The van der Waals surface area contributed by atoms with Crippen LogP contribution in [-0.2, 0) is 24.3 Å². The molecule has 0 saturated heterocycles. The van der Waals surface area contributed by atoms with Crippen LogP contribution in [0.3, 0.4) is 0 Å². The maximum atomic E-state index is 13.0. The molecule has 2 aromatic carbocycles. The second-order valence-electron chi connectivity index (χ2n) is 7.71. The van der Waals surface area contributed by atoms with Gasteiger partial charge in [-0.3, -0.25) is 9.59 Å². The van der Waals surface area contributed by atoms with E-state index in [1.165, 1.54) is 10.7 Å². The number of rotatable bonds is 7. The number of fused-ring (bicyclic) bond motifs is 1. The first kappa shape index (κ1) is 22.4. The van der Waals surface area contributed by atoms with Gasteiger partial charge in [0.25, 0.3) is 5.56 Å². The first-order valence-corrected chi connectivity index (χ1v) is 10.8. The smallest absolute Gasteiger partial charge is 0.267 e. The summed E-state index contributed by atoms with van der Waals surface area (Å²) in [6.45, 7) is 3.41. The van der Waals surface area contributed by atoms with E-state index in [1.807, 2.05) is 43.3 Å². The van der Waals surface area contributed by atoms with Crippen molar-refractivity contribution in [2.45, 2.75) is 26.4 Å². The quantitative estimate of drug-likeness (QED) is 0.552. The zero-order valence-corrected chi connectivity index (χ0v) is 19.0. The summed E-state index contributed by atoms with van der Waals surface area (Å²) < 4.78 is 17.5. The van der Waals surface area contributed by atoms with Gasteiger partial charge in [-0.25, -0.2) is 4.68 Å². The predicted molar refractivity (Wildman–Crippen MR) is 124 cm³/mol. The number of hydrogen-bond donors (Lipinski definition) is 0. The first-order valence-electron chi connectivity index (χ1n) is 10.8. The number of carbonyl (C=O) groups is 1. The topological polar surface area (TPSA) is 82.9 Å². The Hall–Kier alpha value is -3.81. The Morgan fingerprint density at radius 1 is 1.00 bits per heavy atom. The van der Waals surface area contributed by atoms with Crippen LogP contribution in [0.1, 0.15) is 18.1 Å². The van der Waals surface area contributed by atoms with Gasteiger partial charge in [0.15, 0.2) is 11.5 Å². The fraction of sp³-hybridized carbons (Fsp3) is 0.320. The second kappa shape index (κ2) is 9.77. The summed E-state index contributed by atoms with van der Waals surface area (Å²) in [5.41, 5.74) is 3.28. The monoisotopic (exact) mass is 449 g/mol. The van der Waals surface area contributed by atoms with E-state index >= 15 is 0 Å². The van der Waals surface area contributed by atoms with Crippen molar-refractivity contribution in [3.8, 4) is 28.5 Å². The molecule has 0 spiro atoms. The molecule has 0 radical (unpaired) electrons. The van der Waals surface area contributed by atoms with Crippen LogP contribution in [-0.4, -0.2) is 48.0 Å². The van der Waals surface area contributed by atoms with Crippen LogP contribution >= 0.6 is 0 Å². The van der Waals surface area contributed by atoms with Crippen LogP contribution in [0, 0.1) is 0 Å². The van der Waals surface area contributed by atoms with E-state index in [0.717, 1.165) is 22.4 Å². The van der Waals surface area contributed by atoms with E-state index in [0.29, 0.717) is 43.3 Å². The molecule has 3 aromatic rings. The van der Waals surface area contributed by atoms with Crippen molar-refractivity contribution >= 4 is 5.91 Å². The molecule has 0 aliphatic carbocycles. The van der Waals surface area contributed by atoms with Crippen LogP contribution in [0.25, 0.3) is 11.3 Å². The first-order chi connectivity index (χ1) is 16.0. The molecule has 1 aliphatic heterocycles. The Morgan fingerprint density at radius 3 is 2.36 bits per heavy atom. The fourth-order valence-corrected chi connectivity index (χ4v) is 3.93. The molecular formula is C25H27N3O5. The summed E-state index contributed by atoms with van der Waals surface area (Å²) in [7, 11) is 3.19. The van der Waals surface area contributed by atoms with Gasteiger partial charge in [-0.1, -0.05) is 0 Å². The highest BCUT2D eigenvalue weighted by molar-refractivity contribution is 5.76. The number of ether oxygens (including phenoxy) is 3. The van der Waals surface area contributed by atoms with Crippen molar-refractivity contribution < 1.29 is 19.0 Å². The normalized spacial score (nSPS) is 12.8. The minimum Gasteiger partial charge on any atom is -0.494 e. The highest BCUT2D eigenvalue weighted by Gasteiger charge is 2.23. The number of nitrogens with zero attached hydrogens (tertiary/aromatic N) is 3. The van der Waals surface area contributed by atoms with Crippen LogP contribution in [0.2, 0.25) is 0 Å². The van der Waals surface area contributed by atoms with E-state index in [9.17, 15) is 9.59 Å². The lowest BCUT2D eigenvalue weighted by atomic mass is 9.98. The standard InChI is InChI=1S/C25H27N3O5/c1-4-33-20-7-5-17(6-8-20)21-9-10-24(29)28(26-21)16-25(30)27-12-11-18-13-22(31-2)23(32-3)14-19(18)15-27/h5-10,13-14H,4,11-12,15-16H2,1-3H3. The molecule has 0 fully saturated rings. The minimum atomic E-state index is -0.318. The number of amides is 1. The van der Waals surface area contributed by atoms with E-state index in [4.69, 9.17) is 14.2 Å². The maximum absolute atomic E-state index is 13.0. The van der Waals surface area contributed by atoms with Crippen molar-refractivity contribution in [1.82, 2.24) is 14.7 Å². The Morgan fingerprint density at radius 2 is 1.70 bits per heavy atom.